The molecule has 1 fully saturated rings. The number of ether oxygens (including phenoxy) is 1. The van der Waals surface area contributed by atoms with Crippen molar-refractivity contribution < 1.29 is 29.2 Å². The average molecular weight is 489 g/mol. The van der Waals surface area contributed by atoms with Crippen LogP contribution >= 0.6 is 0 Å². The number of nitrogens with two attached hydrogens (primary N) is 1. The van der Waals surface area contributed by atoms with Crippen molar-refractivity contribution in [1.82, 2.24) is 0 Å². The zero-order valence-electron chi connectivity index (χ0n) is 18.0. The molecule has 35 heavy (non-hydrogen) atoms. The second kappa shape index (κ2) is 10.2. The first kappa shape index (κ1) is 25.1. The van der Waals surface area contributed by atoms with Crippen molar-refractivity contribution in [2.75, 3.05) is 0 Å². The van der Waals surface area contributed by atoms with Crippen molar-refractivity contribution >= 4 is 28.7 Å². The van der Waals surface area contributed by atoms with Gasteiger partial charge in [0.1, 0.15) is 0 Å². The molecule has 1 atom stereocenters. The summed E-state index contributed by atoms with van der Waals surface area (Å²) in [6, 6.07) is 5.15. The lowest BCUT2D eigenvalue weighted by Gasteiger charge is -2.26. The van der Waals surface area contributed by atoms with Gasteiger partial charge in [0.05, 0.1) is 37.2 Å². The number of nitrogens with zero attached hydrogens (tertiary/aromatic N) is 4. The van der Waals surface area contributed by atoms with E-state index in [1.54, 1.807) is 0 Å². The topological polar surface area (TPSA) is 225 Å². The van der Waals surface area contributed by atoms with Crippen LogP contribution in [0.3, 0.4) is 0 Å². The lowest BCUT2D eigenvalue weighted by Crippen LogP contribution is -2.31. The monoisotopic (exact) mass is 489 g/mol. The summed E-state index contributed by atoms with van der Waals surface area (Å²) in [5, 5.41) is 46.3. The Kier molecular flexibility index (Phi) is 7.29. The molecule has 0 aliphatic heterocycles. The first-order valence-corrected chi connectivity index (χ1v) is 10.3. The van der Waals surface area contributed by atoms with Gasteiger partial charge in [0, 0.05) is 24.2 Å². The number of esters is 1. The Morgan fingerprint density at radius 1 is 0.829 bits per heavy atom. The molecule has 0 heterocycles. The van der Waals surface area contributed by atoms with E-state index >= 15 is 0 Å². The van der Waals surface area contributed by atoms with Crippen LogP contribution in [0.5, 0.6) is 0 Å². The maximum atomic E-state index is 13.0. The first-order chi connectivity index (χ1) is 16.5. The Labute approximate surface area is 196 Å². The van der Waals surface area contributed by atoms with E-state index in [-0.39, 0.29) is 6.04 Å². The van der Waals surface area contributed by atoms with Gasteiger partial charge in [-0.3, -0.25) is 45.3 Å². The van der Waals surface area contributed by atoms with Crippen LogP contribution in [0.4, 0.5) is 22.7 Å². The van der Waals surface area contributed by atoms with Crippen LogP contribution in [0.1, 0.15) is 42.9 Å². The molecule has 1 aliphatic rings. The van der Waals surface area contributed by atoms with E-state index in [1.165, 1.54) is 0 Å². The van der Waals surface area contributed by atoms with E-state index in [9.17, 15) is 45.3 Å². The van der Waals surface area contributed by atoms with Crippen molar-refractivity contribution in [2.24, 2.45) is 11.7 Å². The summed E-state index contributed by atoms with van der Waals surface area (Å²) >= 11 is 0. The summed E-state index contributed by atoms with van der Waals surface area (Å²) in [6.45, 7) is 0. The molecule has 1 saturated carbocycles. The Morgan fingerprint density at radius 3 is 1.86 bits per heavy atom. The lowest BCUT2D eigenvalue weighted by atomic mass is 9.86. The van der Waals surface area contributed by atoms with Crippen LogP contribution in [0, 0.1) is 46.4 Å². The predicted molar refractivity (Wildman–Crippen MR) is 117 cm³/mol. The minimum atomic E-state index is -1.96. The van der Waals surface area contributed by atoms with Crippen LogP contribution in [0.25, 0.3) is 0 Å². The van der Waals surface area contributed by atoms with Crippen molar-refractivity contribution in [3.05, 3.63) is 88.0 Å². The predicted octanol–water partition coefficient (Wildman–Crippen LogP) is 3.47. The van der Waals surface area contributed by atoms with Crippen LogP contribution in [-0.4, -0.2) is 31.7 Å². The number of rotatable bonds is 8. The molecule has 3 rings (SSSR count). The van der Waals surface area contributed by atoms with Crippen LogP contribution in [-0.2, 0) is 9.53 Å². The number of hydrogen-bond acceptors (Lipinski definition) is 11. The van der Waals surface area contributed by atoms with E-state index in [2.05, 4.69) is 0 Å². The van der Waals surface area contributed by atoms with Crippen molar-refractivity contribution in [2.45, 2.75) is 37.8 Å². The highest BCUT2D eigenvalue weighted by Gasteiger charge is 2.40. The van der Waals surface area contributed by atoms with E-state index in [4.69, 9.17) is 10.5 Å². The fraction of sp³-hybridized carbons (Fsp3) is 0.350. The quantitative estimate of drug-likeness (QED) is 0.321. The van der Waals surface area contributed by atoms with Gasteiger partial charge in [-0.2, -0.15) is 0 Å². The highest BCUT2D eigenvalue weighted by atomic mass is 16.6. The van der Waals surface area contributed by atoms with Crippen molar-refractivity contribution in [1.29, 1.82) is 0 Å². The Balaban J connectivity index is 2.23. The highest BCUT2D eigenvalue weighted by Crippen LogP contribution is 2.43. The van der Waals surface area contributed by atoms with Crippen LogP contribution < -0.4 is 5.73 Å². The third-order valence-electron chi connectivity index (χ3n) is 5.76. The van der Waals surface area contributed by atoms with Gasteiger partial charge in [0.2, 0.25) is 0 Å². The molecule has 0 bridgehead atoms. The number of carbonyl (C=O) groups excluding carboxylic acids is 1. The lowest BCUT2D eigenvalue weighted by molar-refractivity contribution is -0.397. The molecule has 2 aromatic rings. The third kappa shape index (κ3) is 5.35. The molecule has 15 nitrogen and oxygen atoms in total. The second-order valence-corrected chi connectivity index (χ2v) is 7.91. The van der Waals surface area contributed by atoms with Crippen molar-refractivity contribution in [3.8, 4) is 0 Å². The summed E-state index contributed by atoms with van der Waals surface area (Å²) in [4.78, 5) is 55.6. The number of benzene rings is 2. The molecule has 0 spiro atoms. The smallest absolute Gasteiger partial charge is 0.309 e. The summed E-state index contributed by atoms with van der Waals surface area (Å²) in [5.41, 5.74) is 1.49. The van der Waals surface area contributed by atoms with Gasteiger partial charge < -0.3 is 10.5 Å². The highest BCUT2D eigenvalue weighted by molar-refractivity contribution is 5.74. The van der Waals surface area contributed by atoms with Gasteiger partial charge in [-0.1, -0.05) is 0 Å². The fourth-order valence-electron chi connectivity index (χ4n) is 4.00. The van der Waals surface area contributed by atoms with Crippen LogP contribution in [0.2, 0.25) is 0 Å². The Morgan fingerprint density at radius 2 is 1.37 bits per heavy atom. The molecule has 0 radical (unpaired) electrons. The van der Waals surface area contributed by atoms with E-state index < -0.39 is 71.6 Å². The van der Waals surface area contributed by atoms with Gasteiger partial charge >= 0.3 is 5.97 Å². The van der Waals surface area contributed by atoms with Gasteiger partial charge in [-0.25, -0.2) is 0 Å². The fourth-order valence-corrected chi connectivity index (χ4v) is 4.00. The molecule has 0 saturated heterocycles. The molecular formula is C20H19N5O10. The van der Waals surface area contributed by atoms with E-state index in [1.807, 2.05) is 0 Å². The summed E-state index contributed by atoms with van der Waals surface area (Å²) in [6.07, 6.45) is -0.315. The molecule has 1 unspecified atom stereocenters. The molecule has 0 aromatic heterocycles. The molecule has 2 aromatic carbocycles. The third-order valence-corrected chi connectivity index (χ3v) is 5.76. The number of hydrogen-bond donors (Lipinski definition) is 1. The molecular weight excluding hydrogens is 470 g/mol. The number of nitro groups is 4. The first-order valence-electron chi connectivity index (χ1n) is 10.3. The minimum absolute atomic E-state index is 0.123. The standard InChI is InChI=1S/C20H19N5O10/c21-12-6-4-11(5-7-12)20(26)35-19(14-9-8-13(22(27)28)10-17(14)25(33)34)18-15(23(29)30)2-1-3-16(18)24(31)32/h1-3,8-12,19H,4-7,21H2. The van der Waals surface area contributed by atoms with Gasteiger partial charge in [0.25, 0.3) is 22.7 Å². The Bertz CT molecular complexity index is 1180. The Hall–Kier alpha value is -4.53. The normalized spacial score (nSPS) is 18.3. The SMILES string of the molecule is NC1CCC(C(=O)OC(c2ccc([N+](=O)[O-])cc2[N+](=O)[O-])c2c([N+](=O)[O-])cccc2[N+](=O)[O-])CC1. The zero-order valence-corrected chi connectivity index (χ0v) is 18.0. The maximum Gasteiger partial charge on any atom is 0.309 e. The van der Waals surface area contributed by atoms with E-state index in [0.717, 1.165) is 30.3 Å². The number of non-ortho nitro benzene ring substituents is 1. The average Bonchev–Trinajstić information content (AvgIpc) is 2.81. The maximum absolute atomic E-state index is 13.0. The number of nitro benzene ring substituents is 4. The largest absolute Gasteiger partial charge is 0.451 e. The minimum Gasteiger partial charge on any atom is -0.451 e. The van der Waals surface area contributed by atoms with Gasteiger partial charge in [-0.15, -0.1) is 0 Å². The summed E-state index contributed by atoms with van der Waals surface area (Å²) in [5.74, 6) is -1.56. The zero-order chi connectivity index (χ0) is 25.9. The summed E-state index contributed by atoms with van der Waals surface area (Å²) < 4.78 is 5.51. The number of carbonyl (C=O) groups is 1. The molecule has 1 aliphatic carbocycles. The van der Waals surface area contributed by atoms with Crippen molar-refractivity contribution in [3.63, 3.8) is 0 Å². The molecule has 0 amide bonds. The van der Waals surface area contributed by atoms with E-state index in [0.29, 0.717) is 31.7 Å². The molecule has 184 valence electrons. The molecule has 2 N–H and O–H groups in total. The second-order valence-electron chi connectivity index (χ2n) is 7.91. The van der Waals surface area contributed by atoms with Gasteiger partial charge in [-0.05, 0) is 37.8 Å². The summed E-state index contributed by atoms with van der Waals surface area (Å²) in [7, 11) is 0. The van der Waals surface area contributed by atoms with Gasteiger partial charge in [0.15, 0.2) is 11.7 Å². The molecule has 15 heteroatoms. The van der Waals surface area contributed by atoms with Crippen LogP contribution in [0.15, 0.2) is 36.4 Å².